The van der Waals surface area contributed by atoms with Gasteiger partial charge in [-0.05, 0) is 48.0 Å². The van der Waals surface area contributed by atoms with E-state index in [-0.39, 0.29) is 11.4 Å². The SMILES string of the molecule is COC(=O)C1=C(C(=O)OC)N(c2ccc([N+](=O)[O-])cc2)C(/C=C/c2ccccc2)N(c2ccc(Br)cc2)C1=O. The van der Waals surface area contributed by atoms with E-state index in [9.17, 15) is 24.5 Å². The van der Waals surface area contributed by atoms with Crippen LogP contribution < -0.4 is 9.80 Å². The fourth-order valence-electron chi connectivity index (χ4n) is 4.12. The Balaban J connectivity index is 2.03. The van der Waals surface area contributed by atoms with Crippen LogP contribution in [0.3, 0.4) is 0 Å². The number of amides is 1. The van der Waals surface area contributed by atoms with Crippen LogP contribution in [0.15, 0.2) is 101 Å². The van der Waals surface area contributed by atoms with E-state index in [4.69, 9.17) is 9.47 Å². The lowest BCUT2D eigenvalue weighted by atomic mass is 10.0. The average molecular weight is 592 g/mol. The van der Waals surface area contributed by atoms with E-state index in [1.165, 1.54) is 34.1 Å². The molecule has 1 heterocycles. The third-order valence-corrected chi connectivity index (χ3v) is 6.44. The molecule has 1 aliphatic rings. The summed E-state index contributed by atoms with van der Waals surface area (Å²) in [4.78, 5) is 53.6. The summed E-state index contributed by atoms with van der Waals surface area (Å²) in [6, 6.07) is 21.5. The fourth-order valence-corrected chi connectivity index (χ4v) is 4.38. The minimum atomic E-state index is -1.04. The van der Waals surface area contributed by atoms with Crippen LogP contribution in [0.2, 0.25) is 0 Å². The van der Waals surface area contributed by atoms with Crippen molar-refractivity contribution in [1.82, 2.24) is 0 Å². The van der Waals surface area contributed by atoms with Gasteiger partial charge in [0.05, 0.1) is 19.1 Å². The van der Waals surface area contributed by atoms with Gasteiger partial charge in [0, 0.05) is 28.0 Å². The number of carbonyl (C=O) groups is 3. The molecule has 0 fully saturated rings. The monoisotopic (exact) mass is 591 g/mol. The van der Waals surface area contributed by atoms with Gasteiger partial charge >= 0.3 is 11.9 Å². The Morgan fingerprint density at radius 2 is 1.44 bits per heavy atom. The normalized spacial score (nSPS) is 15.5. The molecule has 0 spiro atoms. The van der Waals surface area contributed by atoms with E-state index in [1.807, 2.05) is 30.3 Å². The lowest BCUT2D eigenvalue weighted by Gasteiger charge is -2.44. The van der Waals surface area contributed by atoms with Gasteiger partial charge in [0.25, 0.3) is 11.6 Å². The minimum absolute atomic E-state index is 0.176. The van der Waals surface area contributed by atoms with Gasteiger partial charge in [0.15, 0.2) is 5.57 Å². The van der Waals surface area contributed by atoms with E-state index in [1.54, 1.807) is 36.4 Å². The molecule has 1 atom stereocenters. The lowest BCUT2D eigenvalue weighted by Crippen LogP contribution is -2.57. The van der Waals surface area contributed by atoms with Crippen molar-refractivity contribution in [2.75, 3.05) is 24.0 Å². The Labute approximate surface area is 232 Å². The standard InChI is InChI=1S/C28H22BrN3O7/c1-38-27(34)24-25(28(35)39-2)30(20-13-15-22(16-14-20)32(36)37)23(17-8-18-6-4-3-5-7-18)31(26(24)33)21-11-9-19(29)10-12-21/h3-17,23H,1-2H3/b17-8+. The van der Waals surface area contributed by atoms with Crippen LogP contribution in [-0.2, 0) is 23.9 Å². The number of benzene rings is 3. The van der Waals surface area contributed by atoms with Gasteiger partial charge in [-0.3, -0.25) is 19.8 Å². The van der Waals surface area contributed by atoms with Crippen molar-refractivity contribution in [3.05, 3.63) is 116 Å². The molecule has 0 aromatic heterocycles. The van der Waals surface area contributed by atoms with Crippen molar-refractivity contribution in [3.8, 4) is 0 Å². The smallest absolute Gasteiger partial charge is 0.355 e. The quantitative estimate of drug-likeness (QED) is 0.165. The number of hydrogen-bond donors (Lipinski definition) is 0. The first-order valence-electron chi connectivity index (χ1n) is 11.5. The van der Waals surface area contributed by atoms with Gasteiger partial charge in [-0.15, -0.1) is 0 Å². The summed E-state index contributed by atoms with van der Waals surface area (Å²) >= 11 is 3.38. The molecule has 4 rings (SSSR count). The number of nitrogens with zero attached hydrogens (tertiary/aromatic N) is 3. The summed E-state index contributed by atoms with van der Waals surface area (Å²) in [5.74, 6) is -2.79. The first-order chi connectivity index (χ1) is 18.8. The number of anilines is 2. The van der Waals surface area contributed by atoms with E-state index < -0.39 is 34.5 Å². The van der Waals surface area contributed by atoms with E-state index in [0.29, 0.717) is 11.4 Å². The summed E-state index contributed by atoms with van der Waals surface area (Å²) < 4.78 is 10.6. The highest BCUT2D eigenvalue weighted by atomic mass is 79.9. The molecule has 3 aromatic rings. The molecule has 198 valence electrons. The molecular formula is C28H22BrN3O7. The van der Waals surface area contributed by atoms with Gasteiger partial charge in [0.2, 0.25) is 0 Å². The Kier molecular flexibility index (Phi) is 8.21. The van der Waals surface area contributed by atoms with E-state index in [0.717, 1.165) is 24.3 Å². The van der Waals surface area contributed by atoms with Crippen LogP contribution in [0.5, 0.6) is 0 Å². The van der Waals surface area contributed by atoms with Crippen molar-refractivity contribution >= 4 is 56.9 Å². The summed E-state index contributed by atoms with van der Waals surface area (Å²) in [5, 5.41) is 11.3. The predicted octanol–water partition coefficient (Wildman–Crippen LogP) is 4.85. The highest BCUT2D eigenvalue weighted by Crippen LogP contribution is 2.37. The number of esters is 2. The molecule has 0 saturated carbocycles. The zero-order chi connectivity index (χ0) is 28.1. The summed E-state index contributed by atoms with van der Waals surface area (Å²) in [6.07, 6.45) is 2.45. The van der Waals surface area contributed by atoms with Crippen LogP contribution in [0, 0.1) is 10.1 Å². The van der Waals surface area contributed by atoms with E-state index >= 15 is 0 Å². The number of methoxy groups -OCH3 is 2. The van der Waals surface area contributed by atoms with Gasteiger partial charge < -0.3 is 14.4 Å². The molecule has 1 amide bonds. The Morgan fingerprint density at radius 1 is 0.872 bits per heavy atom. The number of halogens is 1. The number of ether oxygens (including phenoxy) is 2. The van der Waals surface area contributed by atoms with Crippen molar-refractivity contribution in [2.24, 2.45) is 0 Å². The highest BCUT2D eigenvalue weighted by Gasteiger charge is 2.46. The Hall–Kier alpha value is -4.77. The molecule has 1 aliphatic heterocycles. The largest absolute Gasteiger partial charge is 0.465 e. The molecule has 0 radical (unpaired) electrons. The predicted molar refractivity (Wildman–Crippen MR) is 148 cm³/mol. The second-order valence-electron chi connectivity index (χ2n) is 8.19. The van der Waals surface area contributed by atoms with Gasteiger partial charge in [-0.2, -0.15) is 0 Å². The second-order valence-corrected chi connectivity index (χ2v) is 9.10. The Bertz CT molecular complexity index is 1470. The maximum atomic E-state index is 14.0. The van der Waals surface area contributed by atoms with Crippen molar-refractivity contribution < 1.29 is 28.8 Å². The maximum Gasteiger partial charge on any atom is 0.355 e. The zero-order valence-corrected chi connectivity index (χ0v) is 22.4. The number of carbonyl (C=O) groups excluding carboxylic acids is 3. The number of nitro groups is 1. The number of non-ortho nitro benzene ring substituents is 1. The third-order valence-electron chi connectivity index (χ3n) is 5.91. The number of hydrogen-bond acceptors (Lipinski definition) is 8. The summed E-state index contributed by atoms with van der Waals surface area (Å²) in [5.41, 5.74) is 0.439. The highest BCUT2D eigenvalue weighted by molar-refractivity contribution is 9.10. The third kappa shape index (κ3) is 5.58. The molecule has 0 N–H and O–H groups in total. The van der Waals surface area contributed by atoms with Crippen molar-refractivity contribution in [3.63, 3.8) is 0 Å². The van der Waals surface area contributed by atoms with Crippen molar-refractivity contribution in [2.45, 2.75) is 6.17 Å². The molecule has 11 heteroatoms. The van der Waals surface area contributed by atoms with E-state index in [2.05, 4.69) is 15.9 Å². The van der Waals surface area contributed by atoms with Crippen LogP contribution >= 0.6 is 15.9 Å². The maximum absolute atomic E-state index is 14.0. The molecule has 0 bridgehead atoms. The van der Waals surface area contributed by atoms with Gasteiger partial charge in [-0.1, -0.05) is 52.3 Å². The van der Waals surface area contributed by atoms with Gasteiger partial charge in [0.1, 0.15) is 11.9 Å². The molecule has 0 saturated heterocycles. The van der Waals surface area contributed by atoms with Crippen LogP contribution in [0.25, 0.3) is 6.08 Å². The first kappa shape index (κ1) is 27.3. The second kappa shape index (κ2) is 11.7. The summed E-state index contributed by atoms with van der Waals surface area (Å²) in [7, 11) is 2.22. The molecule has 39 heavy (non-hydrogen) atoms. The minimum Gasteiger partial charge on any atom is -0.465 e. The van der Waals surface area contributed by atoms with Crippen molar-refractivity contribution in [1.29, 1.82) is 0 Å². The van der Waals surface area contributed by atoms with Crippen LogP contribution in [-0.4, -0.2) is 43.2 Å². The molecular weight excluding hydrogens is 570 g/mol. The molecule has 3 aromatic carbocycles. The number of nitro benzene ring substituents is 1. The zero-order valence-electron chi connectivity index (χ0n) is 20.8. The molecule has 0 aliphatic carbocycles. The molecule has 10 nitrogen and oxygen atoms in total. The van der Waals surface area contributed by atoms with Crippen LogP contribution in [0.4, 0.5) is 17.1 Å². The van der Waals surface area contributed by atoms with Gasteiger partial charge in [-0.25, -0.2) is 9.59 Å². The molecule has 1 unspecified atom stereocenters. The number of rotatable bonds is 7. The topological polar surface area (TPSA) is 119 Å². The summed E-state index contributed by atoms with van der Waals surface area (Å²) in [6.45, 7) is 0. The average Bonchev–Trinajstić information content (AvgIpc) is 2.96. The fraction of sp³-hybridized carbons (Fsp3) is 0.107. The Morgan fingerprint density at radius 3 is 2.00 bits per heavy atom. The first-order valence-corrected chi connectivity index (χ1v) is 12.3. The van der Waals surface area contributed by atoms with Crippen LogP contribution in [0.1, 0.15) is 5.56 Å². The lowest BCUT2D eigenvalue weighted by molar-refractivity contribution is -0.384.